The summed E-state index contributed by atoms with van der Waals surface area (Å²) < 4.78 is 12.6. The monoisotopic (exact) mass is 421 g/mol. The molecular formula is C22H39NO3Si2. The number of hydrogen-bond donors (Lipinski definition) is 0. The van der Waals surface area contributed by atoms with E-state index in [9.17, 15) is 4.79 Å². The van der Waals surface area contributed by atoms with E-state index in [0.29, 0.717) is 12.3 Å². The van der Waals surface area contributed by atoms with E-state index in [0.717, 1.165) is 56.7 Å². The van der Waals surface area contributed by atoms with Gasteiger partial charge in [0.25, 0.3) is 0 Å². The molecular weight excluding hydrogens is 382 g/mol. The highest BCUT2D eigenvalue weighted by Gasteiger charge is 2.23. The van der Waals surface area contributed by atoms with Gasteiger partial charge in [0.05, 0.1) is 0 Å². The van der Waals surface area contributed by atoms with Crippen LogP contribution in [0.4, 0.5) is 0 Å². The molecule has 1 saturated heterocycles. The fourth-order valence-electron chi connectivity index (χ4n) is 3.44. The molecule has 0 spiro atoms. The Hall–Kier alpha value is -1.28. The Morgan fingerprint density at radius 3 is 2.11 bits per heavy atom. The zero-order chi connectivity index (χ0) is 20.8. The average Bonchev–Trinajstić information content (AvgIpc) is 2.59. The lowest BCUT2D eigenvalue weighted by Crippen LogP contribution is -2.35. The Morgan fingerprint density at radius 2 is 1.50 bits per heavy atom. The van der Waals surface area contributed by atoms with Crippen LogP contribution < -0.4 is 8.85 Å². The number of likely N-dealkylation sites (tertiary alicyclic amines) is 1. The molecule has 0 aliphatic carbocycles. The van der Waals surface area contributed by atoms with Crippen LogP contribution in [-0.4, -0.2) is 40.5 Å². The van der Waals surface area contributed by atoms with Crippen LogP contribution in [0.1, 0.15) is 44.1 Å². The van der Waals surface area contributed by atoms with E-state index in [1.54, 1.807) is 0 Å². The van der Waals surface area contributed by atoms with Crippen molar-refractivity contribution < 1.29 is 13.6 Å². The molecule has 1 heterocycles. The molecule has 2 rings (SSSR count). The minimum atomic E-state index is -1.71. The number of carbonyl (C=O) groups excluding carboxylic acids is 1. The van der Waals surface area contributed by atoms with Crippen LogP contribution in [0.3, 0.4) is 0 Å². The number of aryl methyl sites for hydroxylation is 1. The quantitative estimate of drug-likeness (QED) is 0.371. The smallest absolute Gasteiger partial charge is 0.242 e. The lowest BCUT2D eigenvalue weighted by molar-refractivity contribution is -0.132. The van der Waals surface area contributed by atoms with Crippen molar-refractivity contribution in [3.63, 3.8) is 0 Å². The maximum Gasteiger partial charge on any atom is 0.242 e. The summed E-state index contributed by atoms with van der Waals surface area (Å²) in [6, 6.07) is 6.38. The number of benzene rings is 1. The Kier molecular flexibility index (Phi) is 8.19. The van der Waals surface area contributed by atoms with Crippen molar-refractivity contribution >= 4 is 22.5 Å². The summed E-state index contributed by atoms with van der Waals surface area (Å²) in [6.45, 7) is 15.1. The molecule has 4 nitrogen and oxygen atoms in total. The van der Waals surface area contributed by atoms with Crippen LogP contribution in [0.2, 0.25) is 39.3 Å². The van der Waals surface area contributed by atoms with Crippen molar-refractivity contribution in [2.75, 3.05) is 13.1 Å². The summed E-state index contributed by atoms with van der Waals surface area (Å²) in [5.41, 5.74) is 1.27. The van der Waals surface area contributed by atoms with Gasteiger partial charge in [-0.3, -0.25) is 4.79 Å². The van der Waals surface area contributed by atoms with Crippen molar-refractivity contribution in [1.82, 2.24) is 4.90 Å². The summed E-state index contributed by atoms with van der Waals surface area (Å²) in [6.07, 6.45) is 7.22. The number of hydrogen-bond acceptors (Lipinski definition) is 3. The summed E-state index contributed by atoms with van der Waals surface area (Å²) in [4.78, 5) is 14.3. The second-order valence-electron chi connectivity index (χ2n) is 9.86. The van der Waals surface area contributed by atoms with Gasteiger partial charge in [0.1, 0.15) is 11.5 Å². The van der Waals surface area contributed by atoms with E-state index >= 15 is 0 Å². The normalized spacial score (nSPS) is 15.4. The molecule has 0 N–H and O–H groups in total. The molecule has 1 fully saturated rings. The lowest BCUT2D eigenvalue weighted by atomic mass is 10.1. The molecule has 1 aromatic carbocycles. The van der Waals surface area contributed by atoms with E-state index in [2.05, 4.69) is 57.5 Å². The number of amides is 1. The Bertz CT molecular complexity index is 644. The third kappa shape index (κ3) is 8.39. The van der Waals surface area contributed by atoms with Gasteiger partial charge in [0.15, 0.2) is 0 Å². The highest BCUT2D eigenvalue weighted by Crippen LogP contribution is 2.33. The second-order valence-corrected chi connectivity index (χ2v) is 18.7. The third-order valence-corrected chi connectivity index (χ3v) is 6.32. The molecule has 1 aliphatic rings. The third-order valence-electron chi connectivity index (χ3n) is 4.66. The molecule has 158 valence electrons. The summed E-state index contributed by atoms with van der Waals surface area (Å²) in [5.74, 6) is 2.11. The van der Waals surface area contributed by atoms with Gasteiger partial charge in [-0.1, -0.05) is 6.07 Å². The van der Waals surface area contributed by atoms with Crippen LogP contribution in [0, 0.1) is 0 Å². The van der Waals surface area contributed by atoms with E-state index in [1.807, 2.05) is 4.90 Å². The number of piperidine rings is 1. The molecule has 0 radical (unpaired) electrons. The summed E-state index contributed by atoms with van der Waals surface area (Å²) >= 11 is 0. The number of carbonyl (C=O) groups is 1. The Balaban J connectivity index is 1.91. The molecule has 28 heavy (non-hydrogen) atoms. The van der Waals surface area contributed by atoms with E-state index < -0.39 is 16.6 Å². The maximum absolute atomic E-state index is 12.3. The first-order chi connectivity index (χ1) is 13.0. The predicted octanol–water partition coefficient (Wildman–Crippen LogP) is 5.84. The number of rotatable bonds is 9. The van der Waals surface area contributed by atoms with Gasteiger partial charge < -0.3 is 13.8 Å². The minimum Gasteiger partial charge on any atom is -0.542 e. The topological polar surface area (TPSA) is 38.8 Å². The van der Waals surface area contributed by atoms with Gasteiger partial charge in [-0.05, 0) is 95.5 Å². The van der Waals surface area contributed by atoms with Crippen molar-refractivity contribution in [1.29, 1.82) is 0 Å². The summed E-state index contributed by atoms with van der Waals surface area (Å²) in [7, 11) is -3.40. The van der Waals surface area contributed by atoms with Gasteiger partial charge in [-0.15, -0.1) is 0 Å². The maximum atomic E-state index is 12.3. The van der Waals surface area contributed by atoms with Crippen molar-refractivity contribution in [2.45, 2.75) is 84.2 Å². The second kappa shape index (κ2) is 9.96. The first kappa shape index (κ1) is 23.0. The highest BCUT2D eigenvalue weighted by molar-refractivity contribution is 6.71. The molecule has 1 aliphatic heterocycles. The minimum absolute atomic E-state index is 0.335. The summed E-state index contributed by atoms with van der Waals surface area (Å²) in [5, 5.41) is 0. The van der Waals surface area contributed by atoms with Gasteiger partial charge in [0, 0.05) is 19.5 Å². The molecule has 0 atom stereocenters. The molecule has 1 amide bonds. The highest BCUT2D eigenvalue weighted by atomic mass is 28.4. The van der Waals surface area contributed by atoms with Crippen LogP contribution in [-0.2, 0) is 11.2 Å². The molecule has 0 unspecified atom stereocenters. The van der Waals surface area contributed by atoms with Crippen LogP contribution in [0.15, 0.2) is 18.2 Å². The Morgan fingerprint density at radius 1 is 0.893 bits per heavy atom. The number of nitrogens with zero attached hydrogens (tertiary/aromatic N) is 1. The van der Waals surface area contributed by atoms with Crippen molar-refractivity contribution in [3.05, 3.63) is 23.8 Å². The molecule has 0 bridgehead atoms. The standard InChI is InChI=1S/C22H39NO3Si2/c1-27(2,3)25-20-15-14-19(18-21(20)26-28(4,5)6)12-8-9-13-22(24)23-16-10-7-11-17-23/h14-15,18H,7-13,16-17H2,1-6H3. The van der Waals surface area contributed by atoms with Crippen LogP contribution in [0.25, 0.3) is 0 Å². The van der Waals surface area contributed by atoms with Crippen molar-refractivity contribution in [3.8, 4) is 11.5 Å². The number of unbranched alkanes of at least 4 members (excludes halogenated alkanes) is 1. The van der Waals surface area contributed by atoms with Gasteiger partial charge in [-0.25, -0.2) is 0 Å². The fourth-order valence-corrected chi connectivity index (χ4v) is 5.09. The SMILES string of the molecule is C[Si](C)(C)Oc1ccc(CCCCC(=O)N2CCCCC2)cc1O[Si](C)(C)C. The molecule has 1 aromatic rings. The first-order valence-electron chi connectivity index (χ1n) is 10.8. The van der Waals surface area contributed by atoms with Crippen molar-refractivity contribution in [2.24, 2.45) is 0 Å². The molecule has 6 heteroatoms. The first-order valence-corrected chi connectivity index (χ1v) is 17.6. The van der Waals surface area contributed by atoms with Gasteiger partial charge >= 0.3 is 0 Å². The van der Waals surface area contributed by atoms with E-state index in [4.69, 9.17) is 8.85 Å². The zero-order valence-corrected chi connectivity index (χ0v) is 20.8. The van der Waals surface area contributed by atoms with Crippen LogP contribution >= 0.6 is 0 Å². The Labute approximate surface area is 173 Å². The average molecular weight is 422 g/mol. The molecule has 0 aromatic heterocycles. The van der Waals surface area contributed by atoms with E-state index in [-0.39, 0.29) is 0 Å². The van der Waals surface area contributed by atoms with Crippen LogP contribution in [0.5, 0.6) is 11.5 Å². The predicted molar refractivity (Wildman–Crippen MR) is 122 cm³/mol. The van der Waals surface area contributed by atoms with Gasteiger partial charge in [-0.2, -0.15) is 0 Å². The lowest BCUT2D eigenvalue weighted by Gasteiger charge is -2.27. The van der Waals surface area contributed by atoms with Gasteiger partial charge in [0.2, 0.25) is 22.5 Å². The molecule has 0 saturated carbocycles. The zero-order valence-electron chi connectivity index (χ0n) is 18.8. The fraction of sp³-hybridized carbons (Fsp3) is 0.682. The largest absolute Gasteiger partial charge is 0.542 e. The van der Waals surface area contributed by atoms with E-state index in [1.165, 1.54) is 12.0 Å².